The number of hydrogen-bond acceptors (Lipinski definition) is 4. The van der Waals surface area contributed by atoms with Crippen LogP contribution in [0.3, 0.4) is 0 Å². The van der Waals surface area contributed by atoms with Crippen molar-refractivity contribution in [2.75, 3.05) is 31.0 Å². The van der Waals surface area contributed by atoms with Crippen LogP contribution in [0.5, 0.6) is 5.75 Å². The third-order valence-electron chi connectivity index (χ3n) is 3.03. The van der Waals surface area contributed by atoms with Gasteiger partial charge in [0.1, 0.15) is 5.75 Å². The molecule has 1 saturated heterocycles. The molecule has 1 heterocycles. The highest BCUT2D eigenvalue weighted by molar-refractivity contribution is 5.94. The van der Waals surface area contributed by atoms with Gasteiger partial charge in [-0.25, -0.2) is 4.79 Å². The molecule has 7 heteroatoms. The minimum absolute atomic E-state index is 0.0399. The number of ether oxygens (including phenoxy) is 2. The maximum atomic E-state index is 11.9. The van der Waals surface area contributed by atoms with Gasteiger partial charge in [0.05, 0.1) is 25.4 Å². The zero-order valence-corrected chi connectivity index (χ0v) is 12.1. The lowest BCUT2D eigenvalue weighted by Gasteiger charge is -2.14. The van der Waals surface area contributed by atoms with Gasteiger partial charge >= 0.3 is 6.03 Å². The third-order valence-corrected chi connectivity index (χ3v) is 3.03. The number of anilines is 2. The number of carbonyl (C=O) groups is 2. The summed E-state index contributed by atoms with van der Waals surface area (Å²) in [6.07, 6.45) is 0.813. The van der Waals surface area contributed by atoms with E-state index in [-0.39, 0.29) is 18.0 Å². The average molecular weight is 293 g/mol. The van der Waals surface area contributed by atoms with Crippen LogP contribution in [-0.4, -0.2) is 38.3 Å². The number of amides is 3. The van der Waals surface area contributed by atoms with Gasteiger partial charge < -0.3 is 25.4 Å². The lowest BCUT2D eigenvalue weighted by Crippen LogP contribution is -2.38. The maximum absolute atomic E-state index is 11.9. The molecule has 1 fully saturated rings. The first-order valence-corrected chi connectivity index (χ1v) is 6.69. The highest BCUT2D eigenvalue weighted by Crippen LogP contribution is 2.27. The molecule has 1 atom stereocenters. The summed E-state index contributed by atoms with van der Waals surface area (Å²) in [5, 5.41) is 8.20. The smallest absolute Gasteiger partial charge is 0.319 e. The van der Waals surface area contributed by atoms with E-state index < -0.39 is 0 Å². The monoisotopic (exact) mass is 293 g/mol. The predicted octanol–water partition coefficient (Wildman–Crippen LogP) is 1.56. The molecule has 3 amide bonds. The zero-order valence-electron chi connectivity index (χ0n) is 12.1. The van der Waals surface area contributed by atoms with Crippen LogP contribution in [0.4, 0.5) is 16.2 Å². The molecule has 114 valence electrons. The molecule has 0 aromatic heterocycles. The van der Waals surface area contributed by atoms with E-state index in [0.717, 1.165) is 6.42 Å². The quantitative estimate of drug-likeness (QED) is 0.786. The second kappa shape index (κ2) is 6.94. The van der Waals surface area contributed by atoms with E-state index in [9.17, 15) is 9.59 Å². The molecule has 1 aromatic rings. The summed E-state index contributed by atoms with van der Waals surface area (Å²) in [5.41, 5.74) is 1.07. The molecule has 3 N–H and O–H groups in total. The molecule has 0 saturated carbocycles. The lowest BCUT2D eigenvalue weighted by molar-refractivity contribution is -0.114. The van der Waals surface area contributed by atoms with E-state index in [4.69, 9.17) is 9.47 Å². The van der Waals surface area contributed by atoms with Crippen molar-refractivity contribution >= 4 is 23.3 Å². The number of methoxy groups -OCH3 is 1. The molecule has 0 radical (unpaired) electrons. The van der Waals surface area contributed by atoms with Crippen molar-refractivity contribution in [1.29, 1.82) is 0 Å². The topological polar surface area (TPSA) is 88.7 Å². The van der Waals surface area contributed by atoms with Crippen molar-refractivity contribution in [3.05, 3.63) is 18.2 Å². The van der Waals surface area contributed by atoms with Crippen LogP contribution in [0.15, 0.2) is 18.2 Å². The van der Waals surface area contributed by atoms with E-state index in [1.54, 1.807) is 18.2 Å². The second-order valence-electron chi connectivity index (χ2n) is 4.76. The number of benzene rings is 1. The molecule has 0 aliphatic carbocycles. The average Bonchev–Trinajstić information content (AvgIpc) is 2.91. The fraction of sp³-hybridized carbons (Fsp3) is 0.429. The third kappa shape index (κ3) is 4.35. The van der Waals surface area contributed by atoms with Gasteiger partial charge in [0.25, 0.3) is 0 Å². The summed E-state index contributed by atoms with van der Waals surface area (Å²) >= 11 is 0. The van der Waals surface area contributed by atoms with Crippen molar-refractivity contribution in [2.24, 2.45) is 0 Å². The summed E-state index contributed by atoms with van der Waals surface area (Å²) in [5.74, 6) is 0.318. The van der Waals surface area contributed by atoms with Gasteiger partial charge in [0.15, 0.2) is 0 Å². The molecule has 7 nitrogen and oxygen atoms in total. The SMILES string of the molecule is COc1ccc(NC(=O)N[C@H]2CCOC2)cc1NC(C)=O. The van der Waals surface area contributed by atoms with Crippen LogP contribution in [0.25, 0.3) is 0 Å². The number of carbonyl (C=O) groups excluding carboxylic acids is 2. The second-order valence-corrected chi connectivity index (χ2v) is 4.76. The Morgan fingerprint density at radius 2 is 2.14 bits per heavy atom. The molecule has 2 rings (SSSR count). The first-order chi connectivity index (χ1) is 10.1. The Bertz CT molecular complexity index is 527. The maximum Gasteiger partial charge on any atom is 0.319 e. The number of hydrogen-bond donors (Lipinski definition) is 3. The summed E-state index contributed by atoms with van der Waals surface area (Å²) in [6.45, 7) is 2.61. The largest absolute Gasteiger partial charge is 0.495 e. The molecule has 1 aliphatic rings. The van der Waals surface area contributed by atoms with E-state index in [2.05, 4.69) is 16.0 Å². The number of urea groups is 1. The van der Waals surface area contributed by atoms with Gasteiger partial charge in [-0.15, -0.1) is 0 Å². The molecule has 0 unspecified atom stereocenters. The minimum Gasteiger partial charge on any atom is -0.495 e. The first-order valence-electron chi connectivity index (χ1n) is 6.69. The van der Waals surface area contributed by atoms with Crippen LogP contribution in [0, 0.1) is 0 Å². The Morgan fingerprint density at radius 3 is 2.76 bits per heavy atom. The standard InChI is InChI=1S/C14H19N3O4/c1-9(18)15-12-7-10(3-4-13(12)20-2)16-14(19)17-11-5-6-21-8-11/h3-4,7,11H,5-6,8H2,1-2H3,(H,15,18)(H2,16,17,19)/t11-/m0/s1. The Kier molecular flexibility index (Phi) is 4.99. The Labute approximate surface area is 123 Å². The van der Waals surface area contributed by atoms with Gasteiger partial charge in [0.2, 0.25) is 5.91 Å². The minimum atomic E-state index is -0.301. The lowest BCUT2D eigenvalue weighted by atomic mass is 10.2. The Morgan fingerprint density at radius 1 is 1.33 bits per heavy atom. The summed E-state index contributed by atoms with van der Waals surface area (Å²) in [6, 6.07) is 4.77. The number of nitrogens with one attached hydrogen (secondary N) is 3. The van der Waals surface area contributed by atoms with Gasteiger partial charge in [-0.05, 0) is 24.6 Å². The molecular formula is C14H19N3O4. The van der Waals surface area contributed by atoms with Gasteiger partial charge in [-0.2, -0.15) is 0 Å². The van der Waals surface area contributed by atoms with Crippen LogP contribution in [0.2, 0.25) is 0 Å². The summed E-state index contributed by atoms with van der Waals surface area (Å²) in [4.78, 5) is 23.0. The molecule has 1 aromatic carbocycles. The van der Waals surface area contributed by atoms with Crippen molar-refractivity contribution in [2.45, 2.75) is 19.4 Å². The van der Waals surface area contributed by atoms with Crippen molar-refractivity contribution in [1.82, 2.24) is 5.32 Å². The highest BCUT2D eigenvalue weighted by Gasteiger charge is 2.17. The number of rotatable bonds is 4. The summed E-state index contributed by atoms with van der Waals surface area (Å²) in [7, 11) is 1.51. The molecule has 0 spiro atoms. The van der Waals surface area contributed by atoms with Crippen molar-refractivity contribution < 1.29 is 19.1 Å². The van der Waals surface area contributed by atoms with Crippen LogP contribution in [0.1, 0.15) is 13.3 Å². The summed E-state index contributed by atoms with van der Waals surface area (Å²) < 4.78 is 10.3. The Balaban J connectivity index is 2.01. The zero-order chi connectivity index (χ0) is 15.2. The van der Waals surface area contributed by atoms with E-state index in [0.29, 0.717) is 30.3 Å². The normalized spacial score (nSPS) is 17.1. The molecule has 0 bridgehead atoms. The van der Waals surface area contributed by atoms with Crippen LogP contribution >= 0.6 is 0 Å². The van der Waals surface area contributed by atoms with Gasteiger partial charge in [-0.1, -0.05) is 0 Å². The molecular weight excluding hydrogens is 274 g/mol. The van der Waals surface area contributed by atoms with Crippen LogP contribution in [-0.2, 0) is 9.53 Å². The Hall–Kier alpha value is -2.28. The van der Waals surface area contributed by atoms with Crippen LogP contribution < -0.4 is 20.7 Å². The van der Waals surface area contributed by atoms with Gasteiger partial charge in [-0.3, -0.25) is 4.79 Å². The van der Waals surface area contributed by atoms with E-state index in [1.165, 1.54) is 14.0 Å². The fourth-order valence-electron chi connectivity index (χ4n) is 2.07. The van der Waals surface area contributed by atoms with Gasteiger partial charge in [0, 0.05) is 19.2 Å². The van der Waals surface area contributed by atoms with Crippen molar-refractivity contribution in [3.8, 4) is 5.75 Å². The molecule has 1 aliphatic heterocycles. The predicted molar refractivity (Wildman–Crippen MR) is 78.7 cm³/mol. The molecule has 21 heavy (non-hydrogen) atoms. The van der Waals surface area contributed by atoms with E-state index >= 15 is 0 Å². The highest BCUT2D eigenvalue weighted by atomic mass is 16.5. The fourth-order valence-corrected chi connectivity index (χ4v) is 2.07. The first kappa shape index (κ1) is 15.1. The van der Waals surface area contributed by atoms with Crippen molar-refractivity contribution in [3.63, 3.8) is 0 Å². The van der Waals surface area contributed by atoms with E-state index in [1.807, 2.05) is 0 Å².